The summed E-state index contributed by atoms with van der Waals surface area (Å²) >= 11 is 0. The molecule has 0 atom stereocenters. The maximum atomic E-state index is 13.7. The summed E-state index contributed by atoms with van der Waals surface area (Å²) < 4.78 is 73.9. The molecule has 1 aliphatic carbocycles. The van der Waals surface area contributed by atoms with E-state index in [4.69, 9.17) is 4.74 Å². The normalized spacial score (nSPS) is 19.2. The number of pyridine rings is 1. The van der Waals surface area contributed by atoms with Gasteiger partial charge in [0.25, 0.3) is 5.91 Å². The molecule has 2 aromatic rings. The summed E-state index contributed by atoms with van der Waals surface area (Å²) in [5.74, 6) is -4.07. The van der Waals surface area contributed by atoms with E-state index in [2.05, 4.69) is 4.98 Å². The SMILES string of the molecule is N#Cc1cc(C(=O)N2CCOC2=O)cc2nc(C(F)(F)F)c(CC3CCC(F)(F)CC3)n12. The third kappa shape index (κ3) is 3.99. The van der Waals surface area contributed by atoms with Gasteiger partial charge < -0.3 is 4.74 Å². The number of aromatic nitrogens is 2. The minimum Gasteiger partial charge on any atom is -0.447 e. The van der Waals surface area contributed by atoms with Crippen LogP contribution in [0.1, 0.15) is 53.1 Å². The summed E-state index contributed by atoms with van der Waals surface area (Å²) in [6, 6.07) is 3.93. The standard InChI is InChI=1S/C20H17F5N4O3/c21-19(22)3-1-11(2-4-19)7-14-16(20(23,24)25)27-15-9-12(8-13(10-26)29(14)15)17(30)28-5-6-32-18(28)31/h8-9,11H,1-7H2. The largest absolute Gasteiger partial charge is 0.447 e. The van der Waals surface area contributed by atoms with Gasteiger partial charge in [-0.3, -0.25) is 9.20 Å². The first-order valence-corrected chi connectivity index (χ1v) is 9.89. The number of fused-ring (bicyclic) bond motifs is 1. The van der Waals surface area contributed by atoms with Gasteiger partial charge in [0.05, 0.1) is 12.2 Å². The molecule has 0 N–H and O–H groups in total. The topological polar surface area (TPSA) is 87.7 Å². The number of hydrogen-bond donors (Lipinski definition) is 0. The third-order valence-corrected chi connectivity index (χ3v) is 5.77. The number of alkyl halides is 5. The van der Waals surface area contributed by atoms with Crippen LogP contribution in [-0.2, 0) is 17.3 Å². The van der Waals surface area contributed by atoms with Gasteiger partial charge in [0.15, 0.2) is 5.69 Å². The van der Waals surface area contributed by atoms with Crippen molar-refractivity contribution in [2.45, 2.75) is 44.2 Å². The molecule has 2 fully saturated rings. The van der Waals surface area contributed by atoms with Gasteiger partial charge in [-0.1, -0.05) is 0 Å². The highest BCUT2D eigenvalue weighted by Crippen LogP contribution is 2.40. The van der Waals surface area contributed by atoms with Gasteiger partial charge in [-0.15, -0.1) is 0 Å². The Hall–Kier alpha value is -3.23. The zero-order chi connectivity index (χ0) is 23.3. The third-order valence-electron chi connectivity index (χ3n) is 5.77. The fourth-order valence-corrected chi connectivity index (χ4v) is 4.16. The number of carbonyl (C=O) groups excluding carboxylic acids is 2. The van der Waals surface area contributed by atoms with E-state index >= 15 is 0 Å². The maximum Gasteiger partial charge on any atom is 0.435 e. The zero-order valence-corrected chi connectivity index (χ0v) is 16.6. The second-order valence-electron chi connectivity index (χ2n) is 7.91. The molecule has 0 radical (unpaired) electrons. The molecule has 1 aliphatic heterocycles. The molecule has 7 nitrogen and oxygen atoms in total. The van der Waals surface area contributed by atoms with Crippen molar-refractivity contribution in [3.63, 3.8) is 0 Å². The number of carbonyl (C=O) groups is 2. The van der Waals surface area contributed by atoms with Gasteiger partial charge in [0.1, 0.15) is 24.0 Å². The van der Waals surface area contributed by atoms with Gasteiger partial charge in [0, 0.05) is 18.4 Å². The van der Waals surface area contributed by atoms with Crippen LogP contribution in [0.3, 0.4) is 0 Å². The quantitative estimate of drug-likeness (QED) is 0.647. The van der Waals surface area contributed by atoms with E-state index in [1.54, 1.807) is 6.07 Å². The molecule has 2 aliphatic rings. The van der Waals surface area contributed by atoms with Gasteiger partial charge in [0.2, 0.25) is 5.92 Å². The molecule has 3 heterocycles. The predicted molar refractivity (Wildman–Crippen MR) is 97.9 cm³/mol. The highest BCUT2D eigenvalue weighted by Gasteiger charge is 2.41. The molecular formula is C20H17F5N4O3. The lowest BCUT2D eigenvalue weighted by Gasteiger charge is -2.28. The number of nitriles is 1. The van der Waals surface area contributed by atoms with Crippen LogP contribution in [0.15, 0.2) is 12.1 Å². The monoisotopic (exact) mass is 456 g/mol. The number of halogens is 5. The van der Waals surface area contributed by atoms with Crippen LogP contribution in [0.4, 0.5) is 26.7 Å². The number of cyclic esters (lactones) is 1. The second-order valence-corrected chi connectivity index (χ2v) is 7.91. The van der Waals surface area contributed by atoms with Crippen molar-refractivity contribution >= 4 is 17.6 Å². The van der Waals surface area contributed by atoms with E-state index in [0.717, 1.165) is 21.4 Å². The Morgan fingerprint density at radius 2 is 1.97 bits per heavy atom. The average molecular weight is 456 g/mol. The van der Waals surface area contributed by atoms with Crippen molar-refractivity contribution in [2.75, 3.05) is 13.2 Å². The summed E-state index contributed by atoms with van der Waals surface area (Å²) in [4.78, 5) is 28.7. The Balaban J connectivity index is 1.78. The number of nitrogens with zero attached hydrogens (tertiary/aromatic N) is 4. The number of imide groups is 1. The first-order chi connectivity index (χ1) is 15.0. The number of ether oxygens (including phenoxy) is 1. The van der Waals surface area contributed by atoms with Crippen molar-refractivity contribution < 1.29 is 36.3 Å². The Bertz CT molecular complexity index is 1120. The number of amides is 2. The van der Waals surface area contributed by atoms with Gasteiger partial charge in [-0.25, -0.2) is 23.5 Å². The molecule has 1 saturated heterocycles. The van der Waals surface area contributed by atoms with Crippen LogP contribution in [0.25, 0.3) is 5.65 Å². The van der Waals surface area contributed by atoms with Crippen molar-refractivity contribution in [3.05, 3.63) is 34.8 Å². The van der Waals surface area contributed by atoms with E-state index in [0.29, 0.717) is 0 Å². The molecule has 0 unspecified atom stereocenters. The van der Waals surface area contributed by atoms with Crippen LogP contribution in [0.2, 0.25) is 0 Å². The molecule has 0 spiro atoms. The molecule has 170 valence electrons. The highest BCUT2D eigenvalue weighted by molar-refractivity contribution is 6.04. The Labute approximate surface area is 178 Å². The summed E-state index contributed by atoms with van der Waals surface area (Å²) in [5, 5.41) is 9.57. The Morgan fingerprint density at radius 1 is 1.28 bits per heavy atom. The summed E-state index contributed by atoms with van der Waals surface area (Å²) in [5.41, 5.74) is -2.29. The lowest BCUT2D eigenvalue weighted by atomic mass is 9.83. The Kier molecular flexibility index (Phi) is 5.30. The van der Waals surface area contributed by atoms with Crippen molar-refractivity contribution in [2.24, 2.45) is 5.92 Å². The molecule has 2 aromatic heterocycles. The molecule has 0 aromatic carbocycles. The summed E-state index contributed by atoms with van der Waals surface area (Å²) in [6.07, 6.45) is -6.65. The zero-order valence-electron chi connectivity index (χ0n) is 16.6. The second kappa shape index (κ2) is 7.72. The van der Waals surface area contributed by atoms with Gasteiger partial charge in [-0.2, -0.15) is 18.4 Å². The maximum absolute atomic E-state index is 13.7. The van der Waals surface area contributed by atoms with Crippen molar-refractivity contribution in [1.82, 2.24) is 14.3 Å². The Morgan fingerprint density at radius 3 is 2.53 bits per heavy atom. The van der Waals surface area contributed by atoms with Crippen molar-refractivity contribution in [3.8, 4) is 6.07 Å². The van der Waals surface area contributed by atoms with Crippen molar-refractivity contribution in [1.29, 1.82) is 5.26 Å². The lowest BCUT2D eigenvalue weighted by Crippen LogP contribution is -2.31. The highest BCUT2D eigenvalue weighted by atomic mass is 19.4. The van der Waals surface area contributed by atoms with Crippen LogP contribution in [-0.4, -0.2) is 45.4 Å². The molecule has 12 heteroatoms. The first-order valence-electron chi connectivity index (χ1n) is 9.89. The summed E-state index contributed by atoms with van der Waals surface area (Å²) in [6.45, 7) is -0.0331. The lowest BCUT2D eigenvalue weighted by molar-refractivity contribution is -0.141. The smallest absolute Gasteiger partial charge is 0.435 e. The van der Waals surface area contributed by atoms with E-state index in [1.807, 2.05) is 0 Å². The number of hydrogen-bond acceptors (Lipinski definition) is 5. The van der Waals surface area contributed by atoms with Gasteiger partial charge in [-0.05, 0) is 37.3 Å². The minimum atomic E-state index is -4.85. The van der Waals surface area contributed by atoms with Gasteiger partial charge >= 0.3 is 12.3 Å². The predicted octanol–water partition coefficient (Wildman–Crippen LogP) is 4.19. The number of rotatable bonds is 3. The molecule has 0 bridgehead atoms. The van der Waals surface area contributed by atoms with Crippen LogP contribution >= 0.6 is 0 Å². The summed E-state index contributed by atoms with van der Waals surface area (Å²) in [7, 11) is 0. The van der Waals surface area contributed by atoms with E-state index in [-0.39, 0.29) is 55.0 Å². The first kappa shape index (κ1) is 22.0. The van der Waals surface area contributed by atoms with Crippen LogP contribution in [0.5, 0.6) is 0 Å². The molecule has 32 heavy (non-hydrogen) atoms. The minimum absolute atomic E-state index is 0.00982. The molecule has 1 saturated carbocycles. The van der Waals surface area contributed by atoms with E-state index in [9.17, 15) is 36.8 Å². The molecule has 2 amide bonds. The average Bonchev–Trinajstić information content (AvgIpc) is 3.31. The fourth-order valence-electron chi connectivity index (χ4n) is 4.16. The molecular weight excluding hydrogens is 439 g/mol. The molecule has 4 rings (SSSR count). The van der Waals surface area contributed by atoms with Crippen LogP contribution < -0.4 is 0 Å². The van der Waals surface area contributed by atoms with E-state index < -0.39 is 48.6 Å². The van der Waals surface area contributed by atoms with Crippen LogP contribution in [0, 0.1) is 17.2 Å². The fraction of sp³-hybridized carbons (Fsp3) is 0.500. The number of imidazole rings is 1. The van der Waals surface area contributed by atoms with E-state index in [1.165, 1.54) is 0 Å².